The minimum Gasteiger partial charge on any atom is -0.415 e. The molecular formula is C13H32O3Si2. The van der Waals surface area contributed by atoms with Gasteiger partial charge in [0.2, 0.25) is 0 Å². The van der Waals surface area contributed by atoms with Crippen molar-refractivity contribution in [2.75, 3.05) is 14.2 Å². The van der Waals surface area contributed by atoms with Gasteiger partial charge in [-0.3, -0.25) is 0 Å². The smallest absolute Gasteiger partial charge is 0.325 e. The van der Waals surface area contributed by atoms with Gasteiger partial charge in [0, 0.05) is 14.2 Å². The summed E-state index contributed by atoms with van der Waals surface area (Å²) in [7, 11) is -0.471. The number of unbranched alkanes of at least 4 members (excludes halogenated alkanes) is 5. The first kappa shape index (κ1) is 18.3. The Morgan fingerprint density at radius 3 is 1.83 bits per heavy atom. The molecule has 0 heterocycles. The lowest BCUT2D eigenvalue weighted by atomic mass is 10.1. The van der Waals surface area contributed by atoms with Crippen molar-refractivity contribution in [2.45, 2.75) is 71.1 Å². The van der Waals surface area contributed by atoms with Crippen LogP contribution in [0.15, 0.2) is 0 Å². The van der Waals surface area contributed by atoms with E-state index in [1.54, 1.807) is 14.2 Å². The van der Waals surface area contributed by atoms with Crippen LogP contribution in [0.1, 0.15) is 45.4 Å². The van der Waals surface area contributed by atoms with Gasteiger partial charge in [-0.2, -0.15) is 0 Å². The maximum absolute atomic E-state index is 6.18. The van der Waals surface area contributed by atoms with E-state index in [1.807, 2.05) is 0 Å². The zero-order valence-electron chi connectivity index (χ0n) is 13.2. The monoisotopic (exact) mass is 292 g/mol. The molecule has 0 aromatic carbocycles. The molecule has 0 spiro atoms. The summed E-state index contributed by atoms with van der Waals surface area (Å²) >= 11 is 0. The van der Waals surface area contributed by atoms with E-state index >= 15 is 0 Å². The van der Waals surface area contributed by atoms with Crippen LogP contribution < -0.4 is 0 Å². The van der Waals surface area contributed by atoms with Crippen molar-refractivity contribution >= 4 is 17.1 Å². The van der Waals surface area contributed by atoms with Crippen molar-refractivity contribution in [3.8, 4) is 0 Å². The standard InChI is InChI=1S/C13H32O3Si2/c1-7-8-9-10-11-12-13-18(6,15-3)16-17(4,5)14-2/h7-13H2,1-6H3. The van der Waals surface area contributed by atoms with Gasteiger partial charge < -0.3 is 13.0 Å². The first-order valence-corrected chi connectivity index (χ1v) is 12.5. The van der Waals surface area contributed by atoms with Crippen LogP contribution >= 0.6 is 0 Å². The van der Waals surface area contributed by atoms with Crippen LogP contribution in [-0.4, -0.2) is 31.3 Å². The first-order valence-electron chi connectivity index (χ1n) is 7.19. The van der Waals surface area contributed by atoms with Gasteiger partial charge in [-0.05, 0) is 25.7 Å². The summed E-state index contributed by atoms with van der Waals surface area (Å²) in [6.45, 7) is 8.57. The molecule has 0 aliphatic carbocycles. The molecule has 18 heavy (non-hydrogen) atoms. The van der Waals surface area contributed by atoms with E-state index in [4.69, 9.17) is 13.0 Å². The number of rotatable bonds is 11. The van der Waals surface area contributed by atoms with Crippen molar-refractivity contribution in [3.63, 3.8) is 0 Å². The molecule has 0 rings (SSSR count). The lowest BCUT2D eigenvalue weighted by Crippen LogP contribution is -2.49. The van der Waals surface area contributed by atoms with Crippen LogP contribution in [0.5, 0.6) is 0 Å². The molecule has 0 aliphatic rings. The summed E-state index contributed by atoms with van der Waals surface area (Å²) in [5, 5.41) is 0. The highest BCUT2D eigenvalue weighted by atomic mass is 28.5. The second kappa shape index (κ2) is 9.25. The van der Waals surface area contributed by atoms with Gasteiger partial charge in [0.15, 0.2) is 0 Å². The molecule has 0 N–H and O–H groups in total. The second-order valence-corrected chi connectivity index (χ2v) is 12.8. The fraction of sp³-hybridized carbons (Fsp3) is 1.00. The number of hydrogen-bond donors (Lipinski definition) is 0. The van der Waals surface area contributed by atoms with Crippen LogP contribution in [0.2, 0.25) is 25.7 Å². The van der Waals surface area contributed by atoms with Gasteiger partial charge in [-0.15, -0.1) is 0 Å². The molecular weight excluding hydrogens is 260 g/mol. The summed E-state index contributed by atoms with van der Waals surface area (Å²) in [6.07, 6.45) is 7.88. The molecule has 3 nitrogen and oxygen atoms in total. The molecule has 110 valence electrons. The van der Waals surface area contributed by atoms with E-state index in [2.05, 4.69) is 26.6 Å². The fourth-order valence-corrected chi connectivity index (χ4v) is 8.31. The van der Waals surface area contributed by atoms with Crippen molar-refractivity contribution in [2.24, 2.45) is 0 Å². The van der Waals surface area contributed by atoms with E-state index in [0.29, 0.717) is 0 Å². The average Bonchev–Trinajstić information content (AvgIpc) is 2.33. The second-order valence-electron chi connectivity index (χ2n) is 5.56. The van der Waals surface area contributed by atoms with Gasteiger partial charge >= 0.3 is 17.1 Å². The van der Waals surface area contributed by atoms with Crippen LogP contribution in [0.3, 0.4) is 0 Å². The quantitative estimate of drug-likeness (QED) is 0.416. The van der Waals surface area contributed by atoms with E-state index < -0.39 is 17.1 Å². The highest BCUT2D eigenvalue weighted by Gasteiger charge is 2.38. The van der Waals surface area contributed by atoms with Gasteiger partial charge in [-0.1, -0.05) is 45.4 Å². The normalized spacial score (nSPS) is 15.7. The molecule has 0 fully saturated rings. The minimum atomic E-state index is -2.01. The molecule has 0 radical (unpaired) electrons. The van der Waals surface area contributed by atoms with Crippen molar-refractivity contribution in [1.82, 2.24) is 0 Å². The Labute approximate surface area is 116 Å². The fourth-order valence-electron chi connectivity index (χ4n) is 1.98. The Bertz CT molecular complexity index is 212. The molecule has 0 bridgehead atoms. The predicted octanol–water partition coefficient (Wildman–Crippen LogP) is 4.43. The Hall–Kier alpha value is 0.314. The molecule has 1 unspecified atom stereocenters. The summed E-state index contributed by atoms with van der Waals surface area (Å²) in [4.78, 5) is 0. The van der Waals surface area contributed by atoms with Crippen LogP contribution in [0.25, 0.3) is 0 Å². The van der Waals surface area contributed by atoms with Crippen LogP contribution in [0.4, 0.5) is 0 Å². The molecule has 1 atom stereocenters. The molecule has 0 aromatic heterocycles. The van der Waals surface area contributed by atoms with E-state index in [-0.39, 0.29) is 0 Å². The maximum Gasteiger partial charge on any atom is 0.325 e. The van der Waals surface area contributed by atoms with Gasteiger partial charge in [-0.25, -0.2) is 0 Å². The maximum atomic E-state index is 6.18. The minimum absolute atomic E-state index is 1.08. The van der Waals surface area contributed by atoms with Crippen LogP contribution in [-0.2, 0) is 13.0 Å². The van der Waals surface area contributed by atoms with Crippen molar-refractivity contribution in [1.29, 1.82) is 0 Å². The van der Waals surface area contributed by atoms with E-state index in [0.717, 1.165) is 6.04 Å². The Kier molecular flexibility index (Phi) is 9.42. The third-order valence-corrected chi connectivity index (χ3v) is 10.2. The molecule has 0 aromatic rings. The average molecular weight is 293 g/mol. The topological polar surface area (TPSA) is 27.7 Å². The van der Waals surface area contributed by atoms with Gasteiger partial charge in [0.1, 0.15) is 0 Å². The van der Waals surface area contributed by atoms with E-state index in [9.17, 15) is 0 Å². The zero-order chi connectivity index (χ0) is 14.1. The Morgan fingerprint density at radius 1 is 0.778 bits per heavy atom. The summed E-state index contributed by atoms with van der Waals surface area (Å²) < 4.78 is 17.3. The third-order valence-electron chi connectivity index (χ3n) is 3.37. The molecule has 5 heteroatoms. The summed E-state index contributed by atoms with van der Waals surface area (Å²) in [5.74, 6) is 0. The molecule has 0 amide bonds. The van der Waals surface area contributed by atoms with Crippen LogP contribution in [0, 0.1) is 0 Å². The van der Waals surface area contributed by atoms with E-state index in [1.165, 1.54) is 38.5 Å². The predicted molar refractivity (Wildman–Crippen MR) is 82.4 cm³/mol. The highest BCUT2D eigenvalue weighted by Crippen LogP contribution is 2.22. The van der Waals surface area contributed by atoms with Crippen molar-refractivity contribution in [3.05, 3.63) is 0 Å². The largest absolute Gasteiger partial charge is 0.415 e. The first-order chi connectivity index (χ1) is 8.39. The summed E-state index contributed by atoms with van der Waals surface area (Å²) in [6, 6.07) is 1.08. The third kappa shape index (κ3) is 8.42. The molecule has 0 saturated carbocycles. The van der Waals surface area contributed by atoms with Crippen molar-refractivity contribution < 1.29 is 13.0 Å². The lowest BCUT2D eigenvalue weighted by Gasteiger charge is -2.33. The molecule has 0 aliphatic heterocycles. The SMILES string of the molecule is CCCCCCCC[Si](C)(OC)O[Si](C)(C)OC. The number of hydrogen-bond acceptors (Lipinski definition) is 3. The van der Waals surface area contributed by atoms with Gasteiger partial charge in [0.05, 0.1) is 0 Å². The molecule has 0 saturated heterocycles. The van der Waals surface area contributed by atoms with Gasteiger partial charge in [0.25, 0.3) is 0 Å². The highest BCUT2D eigenvalue weighted by molar-refractivity contribution is 6.79. The zero-order valence-corrected chi connectivity index (χ0v) is 15.2. The Balaban J connectivity index is 3.93. The Morgan fingerprint density at radius 2 is 1.33 bits per heavy atom. The summed E-state index contributed by atoms with van der Waals surface area (Å²) in [5.41, 5.74) is 0. The lowest BCUT2D eigenvalue weighted by molar-refractivity contribution is 0.244.